The number of carboxylic acids is 1. The first-order valence-corrected chi connectivity index (χ1v) is 9.67. The number of likely N-dealkylation sites (tertiary alicyclic amines) is 1. The number of carboxylic acid groups (broad SMARTS) is 1. The molecule has 6 heteroatoms. The summed E-state index contributed by atoms with van der Waals surface area (Å²) in [7, 11) is 0. The molecule has 1 atom stereocenters. The van der Waals surface area contributed by atoms with Crippen molar-refractivity contribution in [3.8, 4) is 0 Å². The summed E-state index contributed by atoms with van der Waals surface area (Å²) in [5.74, 6) is 0.684. The number of aliphatic carboxylic acids is 1. The molecule has 0 aliphatic carbocycles. The Balaban J connectivity index is 1.30. The molecule has 2 aliphatic rings. The van der Waals surface area contributed by atoms with Crippen LogP contribution in [-0.4, -0.2) is 53.2 Å². The summed E-state index contributed by atoms with van der Waals surface area (Å²) in [6.45, 7) is 9.35. The van der Waals surface area contributed by atoms with E-state index in [-0.39, 0.29) is 0 Å². The quantitative estimate of drug-likeness (QED) is 0.588. The molecule has 3 heterocycles. The van der Waals surface area contributed by atoms with Gasteiger partial charge in [-0.2, -0.15) is 0 Å². The van der Waals surface area contributed by atoms with Gasteiger partial charge in [0.15, 0.2) is 0 Å². The Labute approximate surface area is 155 Å². The first-order chi connectivity index (χ1) is 12.5. The molecule has 1 fully saturated rings. The molecule has 0 radical (unpaired) electrons. The number of hydrogen-bond acceptors (Lipinski definition) is 5. The molecule has 0 amide bonds. The van der Waals surface area contributed by atoms with Gasteiger partial charge in [0.25, 0.3) is 0 Å². The lowest BCUT2D eigenvalue weighted by molar-refractivity contribution is -0.145. The van der Waals surface area contributed by atoms with E-state index < -0.39 is 12.0 Å². The molecule has 1 unspecified atom stereocenters. The van der Waals surface area contributed by atoms with Gasteiger partial charge in [0.05, 0.1) is 0 Å². The first kappa shape index (κ1) is 18.7. The van der Waals surface area contributed by atoms with E-state index >= 15 is 0 Å². The number of nitrogens with one attached hydrogen (secondary N) is 2. The molecule has 0 saturated carbocycles. The van der Waals surface area contributed by atoms with E-state index in [2.05, 4.69) is 29.3 Å². The summed E-state index contributed by atoms with van der Waals surface area (Å²) in [5.41, 5.74) is 3.54. The van der Waals surface area contributed by atoms with Crippen LogP contribution in [0.15, 0.2) is 24.4 Å². The minimum Gasteiger partial charge on any atom is -0.480 e. The zero-order valence-corrected chi connectivity index (χ0v) is 15.6. The van der Waals surface area contributed by atoms with Crippen LogP contribution < -0.4 is 10.6 Å². The molecule has 1 aromatic rings. The maximum absolute atomic E-state index is 11.0. The fraction of sp³-hybridized carbons (Fsp3) is 0.600. The van der Waals surface area contributed by atoms with Gasteiger partial charge >= 0.3 is 5.97 Å². The van der Waals surface area contributed by atoms with Crippen molar-refractivity contribution < 1.29 is 9.90 Å². The predicted molar refractivity (Wildman–Crippen MR) is 103 cm³/mol. The van der Waals surface area contributed by atoms with E-state index in [4.69, 9.17) is 10.1 Å². The van der Waals surface area contributed by atoms with Crippen molar-refractivity contribution in [2.24, 2.45) is 5.92 Å². The lowest BCUT2D eigenvalue weighted by atomic mass is 9.95. The number of pyridine rings is 1. The van der Waals surface area contributed by atoms with Crippen molar-refractivity contribution in [1.82, 2.24) is 15.2 Å². The smallest absolute Gasteiger partial charge is 0.320 e. The molecule has 6 nitrogen and oxygen atoms in total. The van der Waals surface area contributed by atoms with Gasteiger partial charge in [0.1, 0.15) is 11.9 Å². The van der Waals surface area contributed by atoms with Crippen molar-refractivity contribution in [2.75, 3.05) is 31.5 Å². The number of anilines is 1. The Morgan fingerprint density at radius 2 is 2.27 bits per heavy atom. The Kier molecular flexibility index (Phi) is 6.14. The molecule has 0 spiro atoms. The highest BCUT2D eigenvalue weighted by Crippen LogP contribution is 2.23. The molecule has 0 aromatic carbocycles. The Hall–Kier alpha value is -2.08. The summed E-state index contributed by atoms with van der Waals surface area (Å²) < 4.78 is 0. The molecule has 2 aliphatic heterocycles. The molecule has 1 saturated heterocycles. The van der Waals surface area contributed by atoms with Crippen molar-refractivity contribution in [1.29, 1.82) is 0 Å². The van der Waals surface area contributed by atoms with Gasteiger partial charge in [-0.3, -0.25) is 9.69 Å². The van der Waals surface area contributed by atoms with E-state index in [0.29, 0.717) is 5.92 Å². The fourth-order valence-electron chi connectivity index (χ4n) is 3.54. The third-order valence-electron chi connectivity index (χ3n) is 5.47. The van der Waals surface area contributed by atoms with Crippen LogP contribution in [0.5, 0.6) is 0 Å². The van der Waals surface area contributed by atoms with Gasteiger partial charge in [-0.15, -0.1) is 0 Å². The number of unbranched alkanes of at least 4 members (excludes halogenated alkanes) is 1. The van der Waals surface area contributed by atoms with Crippen molar-refractivity contribution >= 4 is 11.8 Å². The highest BCUT2D eigenvalue weighted by molar-refractivity contribution is 5.73. The number of aromatic nitrogens is 1. The van der Waals surface area contributed by atoms with Crippen LogP contribution in [-0.2, 0) is 17.6 Å². The normalized spacial score (nSPS) is 18.3. The van der Waals surface area contributed by atoms with E-state index in [9.17, 15) is 4.79 Å². The third kappa shape index (κ3) is 4.55. The number of carbonyl (C=O) groups is 1. The molecule has 142 valence electrons. The second-order valence-electron chi connectivity index (χ2n) is 7.41. The second kappa shape index (κ2) is 8.54. The monoisotopic (exact) mass is 358 g/mol. The zero-order valence-electron chi connectivity index (χ0n) is 15.6. The van der Waals surface area contributed by atoms with Crippen LogP contribution in [0.3, 0.4) is 0 Å². The zero-order chi connectivity index (χ0) is 18.5. The van der Waals surface area contributed by atoms with Gasteiger partial charge in [-0.05, 0) is 50.7 Å². The molecule has 0 bridgehead atoms. The number of rotatable bonds is 9. The second-order valence-corrected chi connectivity index (χ2v) is 7.41. The molecule has 3 rings (SSSR count). The standard InChI is InChI=1S/C20H30N4O2/c1-14(17-12-24(13-17)15(2)20(25)26)21-10-4-3-7-18-9-8-16-6-5-11-22-19(16)23-18/h8-9,15,17,21H,1,3-7,10-13H2,2H3,(H,22,23)(H,25,26). The summed E-state index contributed by atoms with van der Waals surface area (Å²) in [6.07, 6.45) is 5.49. The lowest BCUT2D eigenvalue weighted by Crippen LogP contribution is -2.55. The van der Waals surface area contributed by atoms with Gasteiger partial charge in [0.2, 0.25) is 0 Å². The molecule has 3 N–H and O–H groups in total. The maximum atomic E-state index is 11.0. The summed E-state index contributed by atoms with van der Waals surface area (Å²) in [4.78, 5) is 17.7. The molecule has 1 aromatic heterocycles. The number of aryl methyl sites for hydroxylation is 2. The summed E-state index contributed by atoms with van der Waals surface area (Å²) >= 11 is 0. The molecular weight excluding hydrogens is 328 g/mol. The Morgan fingerprint density at radius 1 is 1.46 bits per heavy atom. The Morgan fingerprint density at radius 3 is 3.04 bits per heavy atom. The maximum Gasteiger partial charge on any atom is 0.320 e. The lowest BCUT2D eigenvalue weighted by Gasteiger charge is -2.42. The van der Waals surface area contributed by atoms with Crippen LogP contribution >= 0.6 is 0 Å². The topological polar surface area (TPSA) is 77.5 Å². The van der Waals surface area contributed by atoms with Crippen molar-refractivity contribution in [2.45, 2.75) is 45.1 Å². The van der Waals surface area contributed by atoms with Crippen molar-refractivity contribution in [3.05, 3.63) is 35.7 Å². The number of nitrogens with zero attached hydrogens (tertiary/aromatic N) is 2. The minimum absolute atomic E-state index is 0.366. The van der Waals surface area contributed by atoms with E-state index in [1.807, 2.05) is 4.90 Å². The van der Waals surface area contributed by atoms with Crippen LogP contribution in [0.2, 0.25) is 0 Å². The number of fused-ring (bicyclic) bond motifs is 1. The van der Waals surface area contributed by atoms with Gasteiger partial charge in [-0.25, -0.2) is 4.98 Å². The SMILES string of the molecule is C=C(NCCCCc1ccc2c(n1)NCCC2)C1CN(C(C)C(=O)O)C1. The predicted octanol–water partition coefficient (Wildman–Crippen LogP) is 2.27. The first-order valence-electron chi connectivity index (χ1n) is 9.67. The van der Waals surface area contributed by atoms with E-state index in [1.165, 1.54) is 12.0 Å². The fourth-order valence-corrected chi connectivity index (χ4v) is 3.54. The van der Waals surface area contributed by atoms with Crippen molar-refractivity contribution in [3.63, 3.8) is 0 Å². The summed E-state index contributed by atoms with van der Waals surface area (Å²) in [5, 5.41) is 15.8. The van der Waals surface area contributed by atoms with Crippen LogP contribution in [0.1, 0.15) is 37.4 Å². The minimum atomic E-state index is -0.756. The van der Waals surface area contributed by atoms with Crippen LogP contribution in [0, 0.1) is 5.92 Å². The highest BCUT2D eigenvalue weighted by atomic mass is 16.4. The highest BCUT2D eigenvalue weighted by Gasteiger charge is 2.34. The average molecular weight is 358 g/mol. The van der Waals surface area contributed by atoms with Crippen LogP contribution in [0.4, 0.5) is 5.82 Å². The van der Waals surface area contributed by atoms with Gasteiger partial charge in [0, 0.05) is 43.5 Å². The van der Waals surface area contributed by atoms with Crippen LogP contribution in [0.25, 0.3) is 0 Å². The number of hydrogen-bond donors (Lipinski definition) is 3. The average Bonchev–Trinajstić information content (AvgIpc) is 2.59. The van der Waals surface area contributed by atoms with E-state index in [1.54, 1.807) is 6.92 Å². The molecule has 26 heavy (non-hydrogen) atoms. The summed E-state index contributed by atoms with van der Waals surface area (Å²) in [6, 6.07) is 3.97. The van der Waals surface area contributed by atoms with E-state index in [0.717, 1.165) is 69.1 Å². The Bertz CT molecular complexity index is 655. The third-order valence-corrected chi connectivity index (χ3v) is 5.47. The van der Waals surface area contributed by atoms with Gasteiger partial charge < -0.3 is 15.7 Å². The van der Waals surface area contributed by atoms with Gasteiger partial charge in [-0.1, -0.05) is 12.6 Å². The molecular formula is C20H30N4O2. The largest absolute Gasteiger partial charge is 0.480 e.